The average molecular weight is 384 g/mol. The van der Waals surface area contributed by atoms with E-state index in [2.05, 4.69) is 19.2 Å². The van der Waals surface area contributed by atoms with Crippen LogP contribution in [0, 0.1) is 28.6 Å². The lowest BCUT2D eigenvalue weighted by Crippen LogP contribution is -2.47. The van der Waals surface area contributed by atoms with Gasteiger partial charge in [-0.2, -0.15) is 0 Å². The highest BCUT2D eigenvalue weighted by atomic mass is 16.5. The van der Waals surface area contributed by atoms with Crippen molar-refractivity contribution >= 4 is 17.8 Å². The van der Waals surface area contributed by atoms with Crippen molar-refractivity contribution in [2.75, 3.05) is 13.2 Å². The number of nitrogens with one attached hydrogen (secondary N) is 1. The minimum absolute atomic E-state index is 0.0944. The maximum Gasteiger partial charge on any atom is 0.312 e. The fourth-order valence-electron chi connectivity index (χ4n) is 3.99. The summed E-state index contributed by atoms with van der Waals surface area (Å²) in [6.07, 6.45) is 3.73. The number of carboxylic acids is 1. The molecular weight excluding hydrogens is 346 g/mol. The molecule has 0 heterocycles. The van der Waals surface area contributed by atoms with Crippen LogP contribution in [0.5, 0.6) is 0 Å². The first-order valence-electron chi connectivity index (χ1n) is 10.1. The Morgan fingerprint density at radius 3 is 2.15 bits per heavy atom. The second-order valence-electron chi connectivity index (χ2n) is 9.02. The van der Waals surface area contributed by atoms with Crippen molar-refractivity contribution in [2.45, 2.75) is 73.6 Å². The summed E-state index contributed by atoms with van der Waals surface area (Å²) in [5.74, 6) is -2.35. The molecule has 27 heavy (non-hydrogen) atoms. The molecule has 0 bridgehead atoms. The van der Waals surface area contributed by atoms with Gasteiger partial charge < -0.3 is 15.2 Å². The van der Waals surface area contributed by atoms with E-state index in [1.165, 1.54) is 0 Å². The van der Waals surface area contributed by atoms with Crippen LogP contribution in [0.1, 0.15) is 73.6 Å². The first kappa shape index (κ1) is 23.4. The molecule has 1 fully saturated rings. The molecule has 0 saturated heterocycles. The summed E-state index contributed by atoms with van der Waals surface area (Å²) in [6.45, 7) is 12.5. The van der Waals surface area contributed by atoms with Crippen LogP contribution in [0.15, 0.2) is 0 Å². The Morgan fingerprint density at radius 1 is 1.11 bits per heavy atom. The maximum absolute atomic E-state index is 12.8. The molecule has 6 heteroatoms. The molecular formula is C21H37NO5. The Balaban J connectivity index is 2.58. The first-order chi connectivity index (χ1) is 12.5. The number of ether oxygens (including phenoxy) is 1. The number of hydrogen-bond acceptors (Lipinski definition) is 4. The second kappa shape index (κ2) is 9.56. The number of aliphatic carboxylic acids is 1. The van der Waals surface area contributed by atoms with Crippen molar-refractivity contribution in [3.63, 3.8) is 0 Å². The van der Waals surface area contributed by atoms with E-state index in [0.29, 0.717) is 12.8 Å². The summed E-state index contributed by atoms with van der Waals surface area (Å²) in [4.78, 5) is 36.5. The van der Waals surface area contributed by atoms with Gasteiger partial charge in [0.25, 0.3) is 0 Å². The lowest BCUT2D eigenvalue weighted by Gasteiger charge is -2.43. The van der Waals surface area contributed by atoms with Gasteiger partial charge in [-0.3, -0.25) is 14.4 Å². The fourth-order valence-corrected chi connectivity index (χ4v) is 3.99. The van der Waals surface area contributed by atoms with Gasteiger partial charge in [0.05, 0.1) is 23.8 Å². The van der Waals surface area contributed by atoms with Crippen molar-refractivity contribution in [2.24, 2.45) is 28.6 Å². The largest absolute Gasteiger partial charge is 0.481 e. The van der Waals surface area contributed by atoms with Crippen LogP contribution in [-0.2, 0) is 19.1 Å². The third-order valence-corrected chi connectivity index (χ3v) is 6.63. The monoisotopic (exact) mass is 383 g/mol. The van der Waals surface area contributed by atoms with Crippen LogP contribution in [0.25, 0.3) is 0 Å². The normalized spacial score (nSPS) is 23.8. The molecule has 1 aliphatic carbocycles. The van der Waals surface area contributed by atoms with Crippen molar-refractivity contribution in [1.29, 1.82) is 0 Å². The molecule has 4 unspecified atom stereocenters. The lowest BCUT2D eigenvalue weighted by molar-refractivity contribution is -0.167. The number of esters is 1. The van der Waals surface area contributed by atoms with E-state index < -0.39 is 23.2 Å². The van der Waals surface area contributed by atoms with Gasteiger partial charge in [0.15, 0.2) is 0 Å². The van der Waals surface area contributed by atoms with Crippen molar-refractivity contribution in [1.82, 2.24) is 5.32 Å². The summed E-state index contributed by atoms with van der Waals surface area (Å²) in [5, 5.41) is 12.0. The summed E-state index contributed by atoms with van der Waals surface area (Å²) in [7, 11) is 0. The molecule has 4 atom stereocenters. The quantitative estimate of drug-likeness (QED) is 0.493. The Hall–Kier alpha value is -1.59. The molecule has 6 nitrogen and oxygen atoms in total. The minimum Gasteiger partial charge on any atom is -0.481 e. The maximum atomic E-state index is 12.8. The van der Waals surface area contributed by atoms with Gasteiger partial charge in [0, 0.05) is 0 Å². The number of hydrogen-bond donors (Lipinski definition) is 2. The van der Waals surface area contributed by atoms with E-state index in [1.54, 1.807) is 0 Å². The Kier molecular flexibility index (Phi) is 8.30. The zero-order valence-electron chi connectivity index (χ0n) is 17.8. The molecule has 1 aliphatic rings. The van der Waals surface area contributed by atoms with Gasteiger partial charge in [-0.1, -0.05) is 53.9 Å². The fraction of sp³-hybridized carbons (Fsp3) is 0.857. The Morgan fingerprint density at radius 2 is 1.67 bits per heavy atom. The van der Waals surface area contributed by atoms with E-state index in [9.17, 15) is 19.5 Å². The molecule has 0 aliphatic heterocycles. The van der Waals surface area contributed by atoms with Crippen LogP contribution in [0.4, 0.5) is 0 Å². The van der Waals surface area contributed by atoms with Gasteiger partial charge in [-0.25, -0.2) is 0 Å². The molecule has 0 aromatic rings. The smallest absolute Gasteiger partial charge is 0.312 e. The summed E-state index contributed by atoms with van der Waals surface area (Å²) < 4.78 is 5.50. The summed E-state index contributed by atoms with van der Waals surface area (Å²) in [6, 6.07) is 0. The van der Waals surface area contributed by atoms with Crippen LogP contribution in [-0.4, -0.2) is 36.1 Å². The third-order valence-electron chi connectivity index (χ3n) is 6.63. The van der Waals surface area contributed by atoms with Gasteiger partial charge in [-0.05, 0) is 31.1 Å². The highest BCUT2D eigenvalue weighted by Crippen LogP contribution is 2.46. The van der Waals surface area contributed by atoms with Crippen LogP contribution in [0.3, 0.4) is 0 Å². The Bertz CT molecular complexity index is 539. The van der Waals surface area contributed by atoms with E-state index >= 15 is 0 Å². The molecule has 0 aromatic carbocycles. The second-order valence-corrected chi connectivity index (χ2v) is 9.02. The molecule has 0 spiro atoms. The van der Waals surface area contributed by atoms with Crippen LogP contribution >= 0.6 is 0 Å². The van der Waals surface area contributed by atoms with Gasteiger partial charge in [0.1, 0.15) is 6.61 Å². The van der Waals surface area contributed by atoms with E-state index in [-0.39, 0.29) is 36.4 Å². The standard InChI is InChI=1S/C21H37NO5/c1-7-14(2)21(6,20(3,4)5)19(26)27-13-12-22-17(23)15-10-8-9-11-16(15)18(24)25/h14-16H,7-13H2,1-6H3,(H,22,23)(H,24,25). The number of carbonyl (C=O) groups is 3. The van der Waals surface area contributed by atoms with Crippen molar-refractivity contribution in [3.05, 3.63) is 0 Å². The minimum atomic E-state index is -0.907. The highest BCUT2D eigenvalue weighted by molar-refractivity contribution is 5.85. The topological polar surface area (TPSA) is 92.7 Å². The predicted molar refractivity (Wildman–Crippen MR) is 104 cm³/mol. The summed E-state index contributed by atoms with van der Waals surface area (Å²) >= 11 is 0. The Labute approximate surface area is 163 Å². The van der Waals surface area contributed by atoms with Crippen molar-refractivity contribution in [3.8, 4) is 0 Å². The lowest BCUT2D eigenvalue weighted by atomic mass is 9.60. The number of rotatable bonds is 8. The zero-order valence-corrected chi connectivity index (χ0v) is 17.8. The zero-order chi connectivity index (χ0) is 20.8. The summed E-state index contributed by atoms with van der Waals surface area (Å²) in [5.41, 5.74) is -0.872. The number of amides is 1. The van der Waals surface area contributed by atoms with Crippen molar-refractivity contribution < 1.29 is 24.2 Å². The molecule has 1 rings (SSSR count). The van der Waals surface area contributed by atoms with Gasteiger partial charge in [-0.15, -0.1) is 0 Å². The number of carboxylic acid groups (broad SMARTS) is 1. The molecule has 0 radical (unpaired) electrons. The van der Waals surface area contributed by atoms with E-state index in [4.69, 9.17) is 4.74 Å². The first-order valence-corrected chi connectivity index (χ1v) is 10.1. The van der Waals surface area contributed by atoms with E-state index in [0.717, 1.165) is 19.3 Å². The van der Waals surface area contributed by atoms with Gasteiger partial charge >= 0.3 is 11.9 Å². The van der Waals surface area contributed by atoms with E-state index in [1.807, 2.05) is 27.7 Å². The molecule has 156 valence electrons. The highest BCUT2D eigenvalue weighted by Gasteiger charge is 2.48. The number of carbonyl (C=O) groups excluding carboxylic acids is 2. The molecule has 2 N–H and O–H groups in total. The predicted octanol–water partition coefficient (Wildman–Crippen LogP) is 3.64. The van der Waals surface area contributed by atoms with Crippen LogP contribution in [0.2, 0.25) is 0 Å². The van der Waals surface area contributed by atoms with Crippen LogP contribution < -0.4 is 5.32 Å². The SMILES string of the molecule is CCC(C)C(C)(C(=O)OCCNC(=O)C1CCCCC1C(=O)O)C(C)(C)C. The molecule has 1 saturated carbocycles. The average Bonchev–Trinajstić information content (AvgIpc) is 2.62. The third kappa shape index (κ3) is 5.45. The van der Waals surface area contributed by atoms with Gasteiger partial charge in [0.2, 0.25) is 5.91 Å². The molecule has 0 aromatic heterocycles. The molecule has 1 amide bonds.